The number of carbonyl (C=O) groups is 3. The molecule has 2 aromatic rings. The first kappa shape index (κ1) is 25.4. The van der Waals surface area contributed by atoms with Gasteiger partial charge in [-0.2, -0.15) is 0 Å². The summed E-state index contributed by atoms with van der Waals surface area (Å²) in [5, 5.41) is 2.85. The van der Waals surface area contributed by atoms with Crippen LogP contribution in [0.15, 0.2) is 53.4 Å². The second kappa shape index (κ2) is 10.4. The molecule has 1 heterocycles. The number of hydrogen-bond acceptors (Lipinski definition) is 5. The van der Waals surface area contributed by atoms with E-state index in [2.05, 4.69) is 5.32 Å². The maximum absolute atomic E-state index is 13.3. The molecule has 3 amide bonds. The zero-order valence-corrected chi connectivity index (χ0v) is 20.8. The van der Waals surface area contributed by atoms with Crippen LogP contribution in [0.2, 0.25) is 0 Å². The predicted octanol–water partition coefficient (Wildman–Crippen LogP) is 2.72. The van der Waals surface area contributed by atoms with Crippen molar-refractivity contribution in [3.05, 3.63) is 65.2 Å². The molecular formula is C25H31N3O5S. The Hall–Kier alpha value is -3.20. The Morgan fingerprint density at radius 1 is 1.03 bits per heavy atom. The van der Waals surface area contributed by atoms with Crippen LogP contribution in [0, 0.1) is 12.8 Å². The SMILES string of the molecule is Cc1ccccc1CN(C(=O)CCN1C(=O)c2ccccc2S1(=O)=O)[C@@H](C)C(=O)NCC(C)C. The van der Waals surface area contributed by atoms with Crippen LogP contribution in [-0.4, -0.2) is 54.5 Å². The molecule has 0 saturated carbocycles. The summed E-state index contributed by atoms with van der Waals surface area (Å²) < 4.78 is 26.4. The summed E-state index contributed by atoms with van der Waals surface area (Å²) in [5.74, 6) is -1.08. The highest BCUT2D eigenvalue weighted by Crippen LogP contribution is 2.30. The highest BCUT2D eigenvalue weighted by molar-refractivity contribution is 7.90. The third-order valence-electron chi connectivity index (χ3n) is 5.89. The third kappa shape index (κ3) is 5.30. The van der Waals surface area contributed by atoms with Crippen LogP contribution in [0.3, 0.4) is 0 Å². The van der Waals surface area contributed by atoms with E-state index in [9.17, 15) is 22.8 Å². The Balaban J connectivity index is 1.79. The fraction of sp³-hybridized carbons (Fsp3) is 0.400. The van der Waals surface area contributed by atoms with Gasteiger partial charge < -0.3 is 10.2 Å². The van der Waals surface area contributed by atoms with Gasteiger partial charge in [-0.25, -0.2) is 12.7 Å². The van der Waals surface area contributed by atoms with Crippen LogP contribution in [0.5, 0.6) is 0 Å². The number of rotatable bonds is 9. The lowest BCUT2D eigenvalue weighted by Crippen LogP contribution is -2.49. The summed E-state index contributed by atoms with van der Waals surface area (Å²) in [4.78, 5) is 40.1. The maximum atomic E-state index is 13.3. The molecule has 0 radical (unpaired) electrons. The Morgan fingerprint density at radius 2 is 1.68 bits per heavy atom. The monoisotopic (exact) mass is 485 g/mol. The highest BCUT2D eigenvalue weighted by atomic mass is 32.2. The number of carbonyl (C=O) groups excluding carboxylic acids is 3. The van der Waals surface area contributed by atoms with Gasteiger partial charge in [0.25, 0.3) is 15.9 Å². The van der Waals surface area contributed by atoms with Gasteiger partial charge in [-0.1, -0.05) is 50.2 Å². The van der Waals surface area contributed by atoms with Crippen molar-refractivity contribution in [2.24, 2.45) is 5.92 Å². The van der Waals surface area contributed by atoms with Gasteiger partial charge in [0.2, 0.25) is 11.8 Å². The topological polar surface area (TPSA) is 104 Å². The summed E-state index contributed by atoms with van der Waals surface area (Å²) in [7, 11) is -4.00. The Morgan fingerprint density at radius 3 is 2.32 bits per heavy atom. The van der Waals surface area contributed by atoms with E-state index in [1.807, 2.05) is 45.0 Å². The Kier molecular flexibility index (Phi) is 7.76. The molecule has 3 rings (SSSR count). The lowest BCUT2D eigenvalue weighted by molar-refractivity contribution is -0.140. The molecule has 182 valence electrons. The van der Waals surface area contributed by atoms with Crippen molar-refractivity contribution in [3.8, 4) is 0 Å². The molecule has 1 atom stereocenters. The van der Waals surface area contributed by atoms with Gasteiger partial charge in [0.05, 0.1) is 5.56 Å². The van der Waals surface area contributed by atoms with Crippen LogP contribution in [0.1, 0.15) is 48.7 Å². The lowest BCUT2D eigenvalue weighted by Gasteiger charge is -2.30. The standard InChI is InChI=1S/C25H31N3O5S/c1-17(2)15-26-24(30)19(4)27(16-20-10-6-5-9-18(20)3)23(29)13-14-28-25(31)21-11-7-8-12-22(21)34(28,32)33/h5-12,17,19H,13-16H2,1-4H3,(H,26,30)/t19-/m0/s1. The smallest absolute Gasteiger partial charge is 0.269 e. The number of nitrogens with zero attached hydrogens (tertiary/aromatic N) is 2. The molecule has 8 nitrogen and oxygen atoms in total. The van der Waals surface area contributed by atoms with E-state index in [1.165, 1.54) is 17.0 Å². The summed E-state index contributed by atoms with van der Waals surface area (Å²) in [6, 6.07) is 12.8. The molecule has 34 heavy (non-hydrogen) atoms. The van der Waals surface area contributed by atoms with E-state index < -0.39 is 27.9 Å². The van der Waals surface area contributed by atoms with Crippen LogP contribution < -0.4 is 5.32 Å². The van der Waals surface area contributed by atoms with Crippen molar-refractivity contribution >= 4 is 27.7 Å². The summed E-state index contributed by atoms with van der Waals surface area (Å²) in [6.45, 7) is 7.92. The Bertz CT molecular complexity index is 1190. The molecule has 0 aromatic heterocycles. The van der Waals surface area contributed by atoms with E-state index >= 15 is 0 Å². The van der Waals surface area contributed by atoms with Crippen molar-refractivity contribution in [2.45, 2.75) is 51.6 Å². The number of nitrogens with one attached hydrogen (secondary N) is 1. The normalized spacial score (nSPS) is 15.2. The van der Waals surface area contributed by atoms with Gasteiger partial charge in [-0.15, -0.1) is 0 Å². The van der Waals surface area contributed by atoms with Gasteiger partial charge in [-0.3, -0.25) is 14.4 Å². The molecule has 0 saturated heterocycles. The second-order valence-electron chi connectivity index (χ2n) is 8.89. The number of hydrogen-bond donors (Lipinski definition) is 1. The van der Waals surface area contributed by atoms with Crippen molar-refractivity contribution in [3.63, 3.8) is 0 Å². The molecule has 1 N–H and O–H groups in total. The fourth-order valence-electron chi connectivity index (χ4n) is 3.80. The van der Waals surface area contributed by atoms with Crippen LogP contribution in [0.25, 0.3) is 0 Å². The zero-order chi connectivity index (χ0) is 25.0. The van der Waals surface area contributed by atoms with Crippen LogP contribution >= 0.6 is 0 Å². The van der Waals surface area contributed by atoms with Gasteiger partial charge in [0, 0.05) is 26.1 Å². The van der Waals surface area contributed by atoms with E-state index in [0.717, 1.165) is 15.4 Å². The molecular weight excluding hydrogens is 454 g/mol. The molecule has 0 spiro atoms. The largest absolute Gasteiger partial charge is 0.354 e. The molecule has 9 heteroatoms. The van der Waals surface area contributed by atoms with Gasteiger partial charge >= 0.3 is 0 Å². The molecule has 1 aliphatic heterocycles. The summed E-state index contributed by atoms with van der Waals surface area (Å²) in [5.41, 5.74) is 1.97. The van der Waals surface area contributed by atoms with E-state index in [0.29, 0.717) is 6.54 Å². The molecule has 1 aliphatic rings. The van der Waals surface area contributed by atoms with Crippen LogP contribution in [0.4, 0.5) is 0 Å². The third-order valence-corrected chi connectivity index (χ3v) is 7.74. The number of sulfonamides is 1. The first-order valence-corrected chi connectivity index (χ1v) is 12.8. The number of aryl methyl sites for hydroxylation is 1. The van der Waals surface area contributed by atoms with Crippen molar-refractivity contribution in [1.82, 2.24) is 14.5 Å². The summed E-state index contributed by atoms with van der Waals surface area (Å²) in [6.07, 6.45) is -0.230. The highest BCUT2D eigenvalue weighted by Gasteiger charge is 2.41. The number of fused-ring (bicyclic) bond motifs is 1. The Labute approximate surface area is 201 Å². The maximum Gasteiger partial charge on any atom is 0.269 e. The molecule has 0 aliphatic carbocycles. The lowest BCUT2D eigenvalue weighted by atomic mass is 10.1. The number of benzene rings is 2. The first-order chi connectivity index (χ1) is 16.0. The average molecular weight is 486 g/mol. The van der Waals surface area contributed by atoms with E-state index in [1.54, 1.807) is 19.1 Å². The minimum atomic E-state index is -4.00. The zero-order valence-electron chi connectivity index (χ0n) is 19.9. The van der Waals surface area contributed by atoms with Crippen molar-refractivity contribution < 1.29 is 22.8 Å². The number of amides is 3. The van der Waals surface area contributed by atoms with Crippen LogP contribution in [-0.2, 0) is 26.2 Å². The van der Waals surface area contributed by atoms with Gasteiger partial charge in [0.15, 0.2) is 0 Å². The molecule has 0 unspecified atom stereocenters. The van der Waals surface area contributed by atoms with Gasteiger partial charge in [-0.05, 0) is 43.0 Å². The quantitative estimate of drug-likeness (QED) is 0.588. The van der Waals surface area contributed by atoms with Crippen molar-refractivity contribution in [2.75, 3.05) is 13.1 Å². The molecule has 2 aromatic carbocycles. The van der Waals surface area contributed by atoms with E-state index in [-0.39, 0.29) is 41.8 Å². The minimum Gasteiger partial charge on any atom is -0.354 e. The molecule has 0 bridgehead atoms. The van der Waals surface area contributed by atoms with Gasteiger partial charge in [0.1, 0.15) is 10.9 Å². The van der Waals surface area contributed by atoms with E-state index in [4.69, 9.17) is 0 Å². The molecule has 0 fully saturated rings. The fourth-order valence-corrected chi connectivity index (χ4v) is 5.37. The average Bonchev–Trinajstić information content (AvgIpc) is 3.00. The first-order valence-electron chi connectivity index (χ1n) is 11.3. The minimum absolute atomic E-state index is 0.0503. The van der Waals surface area contributed by atoms with Crippen molar-refractivity contribution in [1.29, 1.82) is 0 Å². The predicted molar refractivity (Wildman–Crippen MR) is 128 cm³/mol. The summed E-state index contributed by atoms with van der Waals surface area (Å²) >= 11 is 0. The second-order valence-corrected chi connectivity index (χ2v) is 10.7.